The lowest BCUT2D eigenvalue weighted by atomic mass is 10.2. The van der Waals surface area contributed by atoms with Crippen molar-refractivity contribution in [3.63, 3.8) is 0 Å². The third kappa shape index (κ3) is 3.93. The van der Waals surface area contributed by atoms with Crippen LogP contribution in [0.4, 0.5) is 5.82 Å². The molecule has 7 nitrogen and oxygen atoms in total. The van der Waals surface area contributed by atoms with Crippen LogP contribution in [0.25, 0.3) is 0 Å². The molecule has 7 heteroatoms. The summed E-state index contributed by atoms with van der Waals surface area (Å²) in [6.45, 7) is -0.272. The molecular weight excluding hydrogens is 274 g/mol. The van der Waals surface area contributed by atoms with Gasteiger partial charge in [-0.2, -0.15) is 0 Å². The van der Waals surface area contributed by atoms with Gasteiger partial charge in [-0.3, -0.25) is 9.59 Å². The standard InChI is InChI=1S/C14H13N3O4/c15-12(19)8-21-10-4-1-3-9(7-10)14(20)17-13-11(18)5-2-6-16-13/h1-7,18H,8H2,(H2,15,19)(H,16,17,20). The minimum absolute atomic E-state index is 0.0611. The molecule has 1 aromatic heterocycles. The van der Waals surface area contributed by atoms with Gasteiger partial charge in [0.25, 0.3) is 11.8 Å². The molecule has 0 atom stereocenters. The van der Waals surface area contributed by atoms with Crippen molar-refractivity contribution in [2.45, 2.75) is 0 Å². The van der Waals surface area contributed by atoms with Crippen LogP contribution in [0.5, 0.6) is 11.5 Å². The number of benzene rings is 1. The Labute approximate surface area is 120 Å². The number of rotatable bonds is 5. The SMILES string of the molecule is NC(=O)COc1cccc(C(=O)Nc2ncccc2O)c1. The van der Waals surface area contributed by atoms with Crippen LogP contribution in [-0.4, -0.2) is 28.5 Å². The molecule has 2 rings (SSSR count). The maximum atomic E-state index is 12.0. The van der Waals surface area contributed by atoms with Gasteiger partial charge in [-0.15, -0.1) is 0 Å². The second-order valence-corrected chi connectivity index (χ2v) is 4.11. The van der Waals surface area contributed by atoms with Crippen molar-refractivity contribution in [2.75, 3.05) is 11.9 Å². The Morgan fingerprint density at radius 1 is 1.29 bits per heavy atom. The number of pyridine rings is 1. The number of amides is 2. The van der Waals surface area contributed by atoms with E-state index >= 15 is 0 Å². The Balaban J connectivity index is 2.11. The van der Waals surface area contributed by atoms with Gasteiger partial charge in [-0.05, 0) is 30.3 Å². The number of hydrogen-bond acceptors (Lipinski definition) is 5. The smallest absolute Gasteiger partial charge is 0.257 e. The Morgan fingerprint density at radius 2 is 2.10 bits per heavy atom. The van der Waals surface area contributed by atoms with E-state index in [4.69, 9.17) is 10.5 Å². The number of carbonyl (C=O) groups is 2. The van der Waals surface area contributed by atoms with E-state index in [1.165, 1.54) is 18.3 Å². The van der Waals surface area contributed by atoms with E-state index in [2.05, 4.69) is 10.3 Å². The first kappa shape index (κ1) is 14.3. The number of nitrogens with two attached hydrogens (primary N) is 1. The molecular formula is C14H13N3O4. The molecule has 4 N–H and O–H groups in total. The molecule has 0 aliphatic carbocycles. The lowest BCUT2D eigenvalue weighted by Crippen LogP contribution is -2.20. The van der Waals surface area contributed by atoms with Gasteiger partial charge in [-0.25, -0.2) is 4.98 Å². The average Bonchev–Trinajstić information content (AvgIpc) is 2.48. The Hall–Kier alpha value is -3.09. The van der Waals surface area contributed by atoms with Gasteiger partial charge in [0.05, 0.1) is 0 Å². The largest absolute Gasteiger partial charge is 0.504 e. The molecule has 108 valence electrons. The van der Waals surface area contributed by atoms with Crippen LogP contribution in [-0.2, 0) is 4.79 Å². The van der Waals surface area contributed by atoms with E-state index in [0.717, 1.165) is 0 Å². The summed E-state index contributed by atoms with van der Waals surface area (Å²) < 4.78 is 5.11. The van der Waals surface area contributed by atoms with Crippen molar-refractivity contribution in [1.29, 1.82) is 0 Å². The molecule has 0 unspecified atom stereocenters. The summed E-state index contributed by atoms with van der Waals surface area (Å²) in [5.74, 6) is -0.804. The Kier molecular flexibility index (Phi) is 4.35. The first-order chi connectivity index (χ1) is 10.1. The van der Waals surface area contributed by atoms with Gasteiger partial charge >= 0.3 is 0 Å². The fourth-order valence-corrected chi connectivity index (χ4v) is 1.55. The van der Waals surface area contributed by atoms with Crippen LogP contribution < -0.4 is 15.8 Å². The molecule has 0 saturated heterocycles. The molecule has 1 aromatic carbocycles. The van der Waals surface area contributed by atoms with Gasteiger partial charge in [-0.1, -0.05) is 6.07 Å². The average molecular weight is 287 g/mol. The molecule has 2 amide bonds. The number of nitrogens with one attached hydrogen (secondary N) is 1. The highest BCUT2D eigenvalue weighted by Crippen LogP contribution is 2.20. The van der Waals surface area contributed by atoms with Crippen molar-refractivity contribution >= 4 is 17.6 Å². The lowest BCUT2D eigenvalue weighted by Gasteiger charge is -2.08. The number of nitrogens with zero attached hydrogens (tertiary/aromatic N) is 1. The second kappa shape index (κ2) is 6.38. The molecule has 0 radical (unpaired) electrons. The van der Waals surface area contributed by atoms with E-state index in [1.807, 2.05) is 0 Å². The lowest BCUT2D eigenvalue weighted by molar-refractivity contribution is -0.119. The van der Waals surface area contributed by atoms with Crippen molar-refractivity contribution in [2.24, 2.45) is 5.73 Å². The first-order valence-corrected chi connectivity index (χ1v) is 6.03. The first-order valence-electron chi connectivity index (χ1n) is 6.03. The van der Waals surface area contributed by atoms with Gasteiger partial charge in [0.15, 0.2) is 18.2 Å². The van der Waals surface area contributed by atoms with Crippen molar-refractivity contribution in [3.8, 4) is 11.5 Å². The molecule has 1 heterocycles. The second-order valence-electron chi connectivity index (χ2n) is 4.11. The third-order valence-corrected chi connectivity index (χ3v) is 2.50. The summed E-state index contributed by atoms with van der Waals surface area (Å²) in [4.78, 5) is 26.6. The van der Waals surface area contributed by atoms with Crippen LogP contribution in [0.15, 0.2) is 42.6 Å². The molecule has 0 aliphatic rings. The minimum atomic E-state index is -0.608. The third-order valence-electron chi connectivity index (χ3n) is 2.50. The summed E-state index contributed by atoms with van der Waals surface area (Å²) in [7, 11) is 0. The maximum Gasteiger partial charge on any atom is 0.257 e. The van der Waals surface area contributed by atoms with Gasteiger partial charge in [0.1, 0.15) is 5.75 Å². The zero-order chi connectivity index (χ0) is 15.2. The number of ether oxygens (including phenoxy) is 1. The highest BCUT2D eigenvalue weighted by molar-refractivity contribution is 6.04. The summed E-state index contributed by atoms with van der Waals surface area (Å²) >= 11 is 0. The molecule has 0 bridgehead atoms. The molecule has 2 aromatic rings. The van der Waals surface area contributed by atoms with Gasteiger partial charge in [0.2, 0.25) is 0 Å². The Morgan fingerprint density at radius 3 is 2.81 bits per heavy atom. The van der Waals surface area contributed by atoms with E-state index < -0.39 is 11.8 Å². The number of primary amides is 1. The zero-order valence-electron chi connectivity index (χ0n) is 10.9. The fourth-order valence-electron chi connectivity index (χ4n) is 1.55. The topological polar surface area (TPSA) is 115 Å². The Bertz CT molecular complexity index is 673. The fraction of sp³-hybridized carbons (Fsp3) is 0.0714. The van der Waals surface area contributed by atoms with E-state index in [0.29, 0.717) is 11.3 Å². The van der Waals surface area contributed by atoms with Crippen LogP contribution in [0.2, 0.25) is 0 Å². The number of carbonyl (C=O) groups excluding carboxylic acids is 2. The molecule has 21 heavy (non-hydrogen) atoms. The number of aromatic nitrogens is 1. The molecule has 0 aliphatic heterocycles. The van der Waals surface area contributed by atoms with Crippen molar-refractivity contribution in [3.05, 3.63) is 48.2 Å². The maximum absolute atomic E-state index is 12.0. The van der Waals surface area contributed by atoms with E-state index in [1.54, 1.807) is 24.3 Å². The normalized spacial score (nSPS) is 9.90. The number of aromatic hydroxyl groups is 1. The number of anilines is 1. The zero-order valence-corrected chi connectivity index (χ0v) is 10.9. The summed E-state index contributed by atoms with van der Waals surface area (Å²) in [6, 6.07) is 9.17. The van der Waals surface area contributed by atoms with Crippen LogP contribution in [0, 0.1) is 0 Å². The highest BCUT2D eigenvalue weighted by atomic mass is 16.5. The highest BCUT2D eigenvalue weighted by Gasteiger charge is 2.10. The number of hydrogen-bond donors (Lipinski definition) is 3. The summed E-state index contributed by atoms with van der Waals surface area (Å²) in [5.41, 5.74) is 5.27. The van der Waals surface area contributed by atoms with E-state index in [9.17, 15) is 14.7 Å². The van der Waals surface area contributed by atoms with Crippen LogP contribution in [0.1, 0.15) is 10.4 Å². The summed E-state index contributed by atoms with van der Waals surface area (Å²) in [6.07, 6.45) is 1.45. The molecule has 0 fully saturated rings. The van der Waals surface area contributed by atoms with Crippen LogP contribution >= 0.6 is 0 Å². The van der Waals surface area contributed by atoms with E-state index in [-0.39, 0.29) is 18.2 Å². The van der Waals surface area contributed by atoms with Gasteiger partial charge < -0.3 is 20.9 Å². The minimum Gasteiger partial charge on any atom is -0.504 e. The van der Waals surface area contributed by atoms with Crippen molar-refractivity contribution in [1.82, 2.24) is 4.98 Å². The predicted molar refractivity (Wildman–Crippen MR) is 75.0 cm³/mol. The van der Waals surface area contributed by atoms with Crippen LogP contribution in [0.3, 0.4) is 0 Å². The van der Waals surface area contributed by atoms with Gasteiger partial charge in [0, 0.05) is 11.8 Å². The molecule has 0 spiro atoms. The quantitative estimate of drug-likeness (QED) is 0.756. The predicted octanol–water partition coefficient (Wildman–Crippen LogP) is 0.904. The van der Waals surface area contributed by atoms with Crippen molar-refractivity contribution < 1.29 is 19.4 Å². The molecule has 0 saturated carbocycles. The summed E-state index contributed by atoms with van der Waals surface area (Å²) in [5, 5.41) is 12.0. The monoisotopic (exact) mass is 287 g/mol.